The maximum Gasteiger partial charge on any atom is 0.177 e. The van der Waals surface area contributed by atoms with E-state index in [1.807, 2.05) is 66.7 Å². The van der Waals surface area contributed by atoms with Crippen LogP contribution in [0, 0.1) is 0 Å². The van der Waals surface area contributed by atoms with E-state index in [9.17, 15) is 0 Å². The number of ether oxygens (including phenoxy) is 2. The Morgan fingerprint density at radius 3 is 2.09 bits per heavy atom. The van der Waals surface area contributed by atoms with Gasteiger partial charge in [-0.1, -0.05) is 164 Å². The Morgan fingerprint density at radius 1 is 0.519 bits per heavy atom. The summed E-state index contributed by atoms with van der Waals surface area (Å²) in [6, 6.07) is 56.4. The third-order valence-corrected chi connectivity index (χ3v) is 10.3. The molecule has 0 amide bonds. The van der Waals surface area contributed by atoms with Crippen LogP contribution in [0.2, 0.25) is 0 Å². The zero-order valence-electron chi connectivity index (χ0n) is 29.4. The average molecular weight is 698 g/mol. The zero-order valence-corrected chi connectivity index (χ0v) is 29.4. The Hall–Kier alpha value is -6.98. The summed E-state index contributed by atoms with van der Waals surface area (Å²) in [6.07, 6.45) is 7.49. The van der Waals surface area contributed by atoms with Crippen LogP contribution in [0.4, 0.5) is 0 Å². The molecule has 10 rings (SSSR count). The van der Waals surface area contributed by atoms with Crippen LogP contribution in [0.15, 0.2) is 192 Å². The van der Waals surface area contributed by atoms with Gasteiger partial charge >= 0.3 is 0 Å². The second-order valence-electron chi connectivity index (χ2n) is 13.8. The number of hydrogen-bond acceptors (Lipinski definition) is 5. The number of allylic oxidation sites excluding steroid dienone is 4. The molecule has 0 spiro atoms. The smallest absolute Gasteiger partial charge is 0.177 e. The maximum atomic E-state index is 6.69. The summed E-state index contributed by atoms with van der Waals surface area (Å²) in [6.45, 7) is 0. The van der Waals surface area contributed by atoms with Gasteiger partial charge in [-0.3, -0.25) is 0 Å². The monoisotopic (exact) mass is 697 g/mol. The lowest BCUT2D eigenvalue weighted by atomic mass is 9.86. The van der Waals surface area contributed by atoms with E-state index in [1.54, 1.807) is 0 Å². The number of fused-ring (bicyclic) bond motifs is 4. The molecule has 2 atom stereocenters. The summed E-state index contributed by atoms with van der Waals surface area (Å²) in [4.78, 5) is 10.1. The van der Waals surface area contributed by atoms with Crippen molar-refractivity contribution >= 4 is 28.0 Å². The van der Waals surface area contributed by atoms with Gasteiger partial charge in [-0.15, -0.1) is 0 Å². The quantitative estimate of drug-likeness (QED) is 0.188. The van der Waals surface area contributed by atoms with Crippen LogP contribution >= 0.6 is 0 Å². The molecule has 2 aliphatic heterocycles. The Balaban J connectivity index is 0.955. The Kier molecular flexibility index (Phi) is 7.95. The van der Waals surface area contributed by atoms with Gasteiger partial charge in [-0.2, -0.15) is 0 Å². The summed E-state index contributed by atoms with van der Waals surface area (Å²) in [7, 11) is 0. The first kappa shape index (κ1) is 31.7. The summed E-state index contributed by atoms with van der Waals surface area (Å²) in [5.41, 5.74) is 8.76. The van der Waals surface area contributed by atoms with Gasteiger partial charge in [0.05, 0.1) is 0 Å². The van der Waals surface area contributed by atoms with Crippen molar-refractivity contribution in [2.75, 3.05) is 0 Å². The number of benzene rings is 7. The summed E-state index contributed by atoms with van der Waals surface area (Å²) >= 11 is 0. The van der Waals surface area contributed by atoms with Crippen LogP contribution in [0.1, 0.15) is 46.3 Å². The molecule has 2 unspecified atom stereocenters. The standard InChI is InChI=1S/C49H35N3O2/c1-3-14-33(15-4-1)47-50-48(34-16-5-2-6-17-34)52-49(51-47)40-23-11-21-38(31-40)36-19-9-18-35(29-36)37-20-10-22-39(30-37)42-25-12-26-43-46(42)54-45-41-24-8-7-13-32(41)27-28-44(45)53-43/h1-17,19-31,35,47H,18H2,(H,50,51,52). The van der Waals surface area contributed by atoms with Gasteiger partial charge in [0.25, 0.3) is 0 Å². The minimum absolute atomic E-state index is 0.208. The van der Waals surface area contributed by atoms with Gasteiger partial charge in [0, 0.05) is 28.0 Å². The first-order valence-corrected chi connectivity index (χ1v) is 18.4. The molecule has 0 saturated carbocycles. The Morgan fingerprint density at radius 2 is 1.20 bits per heavy atom. The largest absolute Gasteiger partial charge is 0.449 e. The lowest BCUT2D eigenvalue weighted by molar-refractivity contribution is 0.364. The van der Waals surface area contributed by atoms with E-state index in [0.717, 1.165) is 85.2 Å². The van der Waals surface area contributed by atoms with Gasteiger partial charge < -0.3 is 14.8 Å². The highest BCUT2D eigenvalue weighted by Crippen LogP contribution is 2.52. The number of para-hydroxylation sites is 1. The summed E-state index contributed by atoms with van der Waals surface area (Å²) < 4.78 is 13.1. The molecule has 1 N–H and O–H groups in total. The van der Waals surface area contributed by atoms with Crippen molar-refractivity contribution in [2.24, 2.45) is 9.98 Å². The molecule has 7 aromatic carbocycles. The van der Waals surface area contributed by atoms with Crippen LogP contribution in [-0.4, -0.2) is 11.7 Å². The van der Waals surface area contributed by atoms with Gasteiger partial charge in [-0.05, 0) is 57.8 Å². The molecule has 0 bridgehead atoms. The zero-order chi connectivity index (χ0) is 35.8. The van der Waals surface area contributed by atoms with Crippen molar-refractivity contribution in [3.8, 4) is 34.1 Å². The molecule has 7 aromatic rings. The molecule has 258 valence electrons. The molecule has 1 aliphatic carbocycles. The van der Waals surface area contributed by atoms with Crippen molar-refractivity contribution in [1.82, 2.24) is 5.32 Å². The van der Waals surface area contributed by atoms with Gasteiger partial charge in [0.1, 0.15) is 11.7 Å². The molecule has 0 aromatic heterocycles. The number of amidine groups is 2. The van der Waals surface area contributed by atoms with Crippen LogP contribution < -0.4 is 14.8 Å². The van der Waals surface area contributed by atoms with Gasteiger partial charge in [0.15, 0.2) is 29.2 Å². The molecule has 2 heterocycles. The first-order chi connectivity index (χ1) is 26.7. The van der Waals surface area contributed by atoms with Crippen molar-refractivity contribution in [3.05, 3.63) is 210 Å². The molecule has 0 fully saturated rings. The highest BCUT2D eigenvalue weighted by molar-refractivity contribution is 6.16. The number of hydrogen-bond donors (Lipinski definition) is 1. The molecular weight excluding hydrogens is 663 g/mol. The fraction of sp³-hybridized carbons (Fsp3) is 0.0612. The SMILES string of the molecule is C1=CC(c2cccc(C3=NC(c4ccccc4)N=C(c4ccccc4)N3)c2)=CC(c2cccc(-c3cccc4c3Oc3c(ccc5ccccc35)O4)c2)C1. The van der Waals surface area contributed by atoms with Crippen molar-refractivity contribution < 1.29 is 9.47 Å². The van der Waals surface area contributed by atoms with E-state index in [4.69, 9.17) is 19.5 Å². The Bertz CT molecular complexity index is 2680. The average Bonchev–Trinajstić information content (AvgIpc) is 3.26. The predicted molar refractivity (Wildman–Crippen MR) is 219 cm³/mol. The van der Waals surface area contributed by atoms with E-state index < -0.39 is 0 Å². The molecule has 0 radical (unpaired) electrons. The molecule has 0 saturated heterocycles. The minimum Gasteiger partial charge on any atom is -0.449 e. The van der Waals surface area contributed by atoms with Crippen molar-refractivity contribution in [3.63, 3.8) is 0 Å². The third kappa shape index (κ3) is 5.96. The molecule has 5 nitrogen and oxygen atoms in total. The summed E-state index contributed by atoms with van der Waals surface area (Å²) in [5, 5.41) is 5.70. The number of rotatable bonds is 6. The van der Waals surface area contributed by atoms with E-state index in [-0.39, 0.29) is 12.1 Å². The maximum absolute atomic E-state index is 6.69. The van der Waals surface area contributed by atoms with Crippen LogP contribution in [0.5, 0.6) is 23.0 Å². The van der Waals surface area contributed by atoms with Crippen molar-refractivity contribution in [2.45, 2.75) is 18.5 Å². The van der Waals surface area contributed by atoms with Gasteiger partial charge in [-0.25, -0.2) is 9.98 Å². The number of nitrogens with zero attached hydrogens (tertiary/aromatic N) is 2. The lowest BCUT2D eigenvalue weighted by Crippen LogP contribution is -2.36. The second kappa shape index (κ2) is 13.5. The topological polar surface area (TPSA) is 55.2 Å². The normalized spacial score (nSPS) is 17.1. The first-order valence-electron chi connectivity index (χ1n) is 18.4. The van der Waals surface area contributed by atoms with E-state index in [0.29, 0.717) is 0 Å². The third-order valence-electron chi connectivity index (χ3n) is 10.3. The molecular formula is C49H35N3O2. The molecule has 5 heteroatoms. The van der Waals surface area contributed by atoms with Crippen LogP contribution in [0.25, 0.3) is 27.5 Å². The highest BCUT2D eigenvalue weighted by atomic mass is 16.6. The molecule has 54 heavy (non-hydrogen) atoms. The van der Waals surface area contributed by atoms with Gasteiger partial charge in [0.2, 0.25) is 0 Å². The van der Waals surface area contributed by atoms with Crippen molar-refractivity contribution in [1.29, 1.82) is 0 Å². The number of aliphatic imine (C=N–C) groups is 2. The second-order valence-corrected chi connectivity index (χ2v) is 13.8. The highest BCUT2D eigenvalue weighted by Gasteiger charge is 2.25. The molecule has 3 aliphatic rings. The fourth-order valence-electron chi connectivity index (χ4n) is 7.56. The van der Waals surface area contributed by atoms with E-state index in [1.165, 1.54) is 11.1 Å². The summed E-state index contributed by atoms with van der Waals surface area (Å²) in [5.74, 6) is 4.77. The fourth-order valence-corrected chi connectivity index (χ4v) is 7.56. The number of nitrogens with one attached hydrogen (secondary N) is 1. The van der Waals surface area contributed by atoms with Crippen LogP contribution in [0.3, 0.4) is 0 Å². The Labute approximate surface area is 314 Å². The van der Waals surface area contributed by atoms with Crippen LogP contribution in [-0.2, 0) is 0 Å². The van der Waals surface area contributed by atoms with E-state index >= 15 is 0 Å². The predicted octanol–water partition coefficient (Wildman–Crippen LogP) is 12.0. The lowest BCUT2D eigenvalue weighted by Gasteiger charge is -2.24. The van der Waals surface area contributed by atoms with E-state index in [2.05, 4.69) is 121 Å². The minimum atomic E-state index is -0.340.